The predicted molar refractivity (Wildman–Crippen MR) is 101 cm³/mol. The molecular weight excluding hydrogens is 409 g/mol. The van der Waals surface area contributed by atoms with Crippen LogP contribution in [-0.2, 0) is 0 Å². The zero-order valence-electron chi connectivity index (χ0n) is 14.3. The van der Waals surface area contributed by atoms with Crippen molar-refractivity contribution in [1.29, 1.82) is 0 Å². The number of carbonyl (C=O) groups excluding carboxylic acids is 1. The van der Waals surface area contributed by atoms with Crippen LogP contribution >= 0.6 is 11.6 Å². The average molecular weight is 419 g/mol. The summed E-state index contributed by atoms with van der Waals surface area (Å²) in [4.78, 5) is 26.3. The van der Waals surface area contributed by atoms with Gasteiger partial charge in [0.05, 0.1) is 10.4 Å². The van der Waals surface area contributed by atoms with Gasteiger partial charge in [-0.2, -0.15) is 5.10 Å². The summed E-state index contributed by atoms with van der Waals surface area (Å²) >= 11 is 6.17. The molecule has 0 radical (unpaired) electrons. The van der Waals surface area contributed by atoms with E-state index in [9.17, 15) is 22.8 Å². The van der Waals surface area contributed by atoms with Gasteiger partial charge < -0.3 is 10.7 Å². The molecule has 0 aliphatic carbocycles. The monoisotopic (exact) mass is 418 g/mol. The lowest BCUT2D eigenvalue weighted by molar-refractivity contribution is 0.100. The highest BCUT2D eigenvalue weighted by molar-refractivity contribution is 6.35. The van der Waals surface area contributed by atoms with Crippen molar-refractivity contribution in [2.24, 2.45) is 5.73 Å². The molecule has 2 heterocycles. The van der Waals surface area contributed by atoms with Crippen LogP contribution in [-0.4, -0.2) is 20.7 Å². The molecule has 0 saturated heterocycles. The average Bonchev–Trinajstić information content (AvgIpc) is 3.06. The number of rotatable bonds is 3. The molecule has 6 nitrogen and oxygen atoms in total. The Labute approximate surface area is 165 Å². The Morgan fingerprint density at radius 3 is 2.45 bits per heavy atom. The van der Waals surface area contributed by atoms with Gasteiger partial charge in [0.25, 0.3) is 5.56 Å². The van der Waals surface area contributed by atoms with E-state index in [1.165, 1.54) is 0 Å². The summed E-state index contributed by atoms with van der Waals surface area (Å²) in [5.74, 6) is -3.59. The number of hydrogen-bond donors (Lipinski definition) is 2. The number of fused-ring (bicyclic) bond motifs is 1. The summed E-state index contributed by atoms with van der Waals surface area (Å²) in [5, 5.41) is 3.79. The number of carbonyl (C=O) groups is 1. The van der Waals surface area contributed by atoms with Gasteiger partial charge >= 0.3 is 0 Å². The molecule has 0 aliphatic rings. The molecule has 0 unspecified atom stereocenters. The second-order valence-electron chi connectivity index (χ2n) is 6.08. The van der Waals surface area contributed by atoms with Crippen molar-refractivity contribution in [3.8, 4) is 16.9 Å². The zero-order chi connectivity index (χ0) is 20.9. The van der Waals surface area contributed by atoms with Crippen molar-refractivity contribution in [2.45, 2.75) is 0 Å². The van der Waals surface area contributed by atoms with E-state index in [-0.39, 0.29) is 32.7 Å². The van der Waals surface area contributed by atoms with Crippen LogP contribution in [0, 0.1) is 17.5 Å². The Morgan fingerprint density at radius 1 is 1.10 bits per heavy atom. The summed E-state index contributed by atoms with van der Waals surface area (Å²) in [6.45, 7) is 0. The van der Waals surface area contributed by atoms with Gasteiger partial charge in [0, 0.05) is 17.3 Å². The summed E-state index contributed by atoms with van der Waals surface area (Å²) in [7, 11) is 0. The predicted octanol–water partition coefficient (Wildman–Crippen LogP) is 3.55. The molecule has 146 valence electrons. The maximum Gasteiger partial charge on any atom is 0.259 e. The smallest absolute Gasteiger partial charge is 0.259 e. The van der Waals surface area contributed by atoms with Crippen LogP contribution < -0.4 is 11.3 Å². The van der Waals surface area contributed by atoms with E-state index in [2.05, 4.69) is 10.1 Å². The number of aromatic nitrogens is 3. The molecule has 0 saturated carbocycles. The van der Waals surface area contributed by atoms with Gasteiger partial charge in [0.1, 0.15) is 22.7 Å². The fourth-order valence-corrected chi connectivity index (χ4v) is 3.25. The minimum Gasteiger partial charge on any atom is -0.366 e. The minimum atomic E-state index is -0.969. The normalized spacial score (nSPS) is 11.2. The Hall–Kier alpha value is -3.59. The molecule has 2 aromatic carbocycles. The molecule has 0 atom stereocenters. The zero-order valence-corrected chi connectivity index (χ0v) is 15.1. The number of nitrogens with two attached hydrogens (primary N) is 1. The van der Waals surface area contributed by atoms with Crippen LogP contribution in [0.5, 0.6) is 0 Å². The Bertz CT molecular complexity index is 1340. The van der Waals surface area contributed by atoms with E-state index < -0.39 is 34.6 Å². The second-order valence-corrected chi connectivity index (χ2v) is 6.49. The lowest BCUT2D eigenvalue weighted by Crippen LogP contribution is -2.11. The molecule has 0 bridgehead atoms. The van der Waals surface area contributed by atoms with Crippen LogP contribution in [0.2, 0.25) is 5.02 Å². The highest BCUT2D eigenvalue weighted by Gasteiger charge is 2.24. The number of amides is 1. The molecular formula is C19H10ClF3N4O2. The van der Waals surface area contributed by atoms with E-state index in [0.29, 0.717) is 0 Å². The summed E-state index contributed by atoms with van der Waals surface area (Å²) in [5.41, 5.74) is 3.25. The van der Waals surface area contributed by atoms with Gasteiger partial charge in [0.15, 0.2) is 11.6 Å². The molecule has 29 heavy (non-hydrogen) atoms. The van der Waals surface area contributed by atoms with Crippen molar-refractivity contribution in [3.63, 3.8) is 0 Å². The van der Waals surface area contributed by atoms with Gasteiger partial charge in [-0.3, -0.25) is 9.59 Å². The lowest BCUT2D eigenvalue weighted by Gasteiger charge is -2.07. The maximum atomic E-state index is 14.6. The summed E-state index contributed by atoms with van der Waals surface area (Å²) < 4.78 is 44.1. The summed E-state index contributed by atoms with van der Waals surface area (Å²) in [6.07, 6.45) is 1.13. The molecule has 0 aliphatic heterocycles. The van der Waals surface area contributed by atoms with E-state index >= 15 is 0 Å². The maximum absolute atomic E-state index is 14.6. The number of primary amides is 1. The Kier molecular flexibility index (Phi) is 4.39. The van der Waals surface area contributed by atoms with Crippen molar-refractivity contribution in [2.75, 3.05) is 0 Å². The molecule has 10 heteroatoms. The van der Waals surface area contributed by atoms with Crippen molar-refractivity contribution in [3.05, 3.63) is 81.0 Å². The van der Waals surface area contributed by atoms with E-state index in [1.54, 1.807) is 0 Å². The first-order valence-electron chi connectivity index (χ1n) is 8.13. The van der Waals surface area contributed by atoms with E-state index in [1.807, 2.05) is 0 Å². The first-order valence-corrected chi connectivity index (χ1v) is 8.51. The van der Waals surface area contributed by atoms with Gasteiger partial charge in [-0.1, -0.05) is 17.7 Å². The third-order valence-electron chi connectivity index (χ3n) is 4.32. The van der Waals surface area contributed by atoms with Crippen molar-refractivity contribution < 1.29 is 18.0 Å². The fourth-order valence-electron chi connectivity index (χ4n) is 3.02. The lowest BCUT2D eigenvalue weighted by atomic mass is 10.0. The fraction of sp³-hybridized carbons (Fsp3) is 0. The third kappa shape index (κ3) is 2.95. The van der Waals surface area contributed by atoms with Crippen LogP contribution in [0.15, 0.2) is 47.4 Å². The number of benzene rings is 2. The first-order chi connectivity index (χ1) is 13.8. The number of halogens is 4. The SMILES string of the molecule is NC(=O)c1ccc(F)c(-c2nn(-c3c(F)cccc3F)c3c(Cl)c[nH]c(=O)c23)c1. The minimum absolute atomic E-state index is 0.0420. The van der Waals surface area contributed by atoms with E-state index in [4.69, 9.17) is 17.3 Å². The van der Waals surface area contributed by atoms with Gasteiger partial charge in [-0.15, -0.1) is 0 Å². The number of nitrogens with one attached hydrogen (secondary N) is 1. The number of para-hydroxylation sites is 1. The summed E-state index contributed by atoms with van der Waals surface area (Å²) in [6, 6.07) is 6.39. The quantitative estimate of drug-likeness (QED) is 0.532. The standard InChI is InChI=1S/C19H10ClF3N4O2/c20-10-7-25-19(29)14-15(9-6-8(18(24)28)4-5-11(9)21)26-27(16(10)14)17-12(22)2-1-3-13(17)23/h1-7H,(H2,24,28)(H,25,29). The number of H-pyrrole nitrogens is 1. The highest BCUT2D eigenvalue weighted by Crippen LogP contribution is 2.34. The highest BCUT2D eigenvalue weighted by atomic mass is 35.5. The largest absolute Gasteiger partial charge is 0.366 e. The second kappa shape index (κ2) is 6.78. The van der Waals surface area contributed by atoms with Crippen molar-refractivity contribution in [1.82, 2.24) is 14.8 Å². The number of aromatic amines is 1. The Morgan fingerprint density at radius 2 is 1.79 bits per heavy atom. The molecule has 4 aromatic rings. The van der Waals surface area contributed by atoms with Crippen molar-refractivity contribution >= 4 is 28.4 Å². The molecule has 4 rings (SSSR count). The molecule has 3 N–H and O–H groups in total. The number of pyridine rings is 1. The van der Waals surface area contributed by atoms with Crippen LogP contribution in [0.25, 0.3) is 27.8 Å². The molecule has 2 aromatic heterocycles. The number of nitrogens with zero attached hydrogens (tertiary/aromatic N) is 2. The molecule has 0 fully saturated rings. The van der Waals surface area contributed by atoms with Gasteiger partial charge in [-0.05, 0) is 30.3 Å². The van der Waals surface area contributed by atoms with Gasteiger partial charge in [0.2, 0.25) is 5.91 Å². The van der Waals surface area contributed by atoms with E-state index in [0.717, 1.165) is 47.3 Å². The third-order valence-corrected chi connectivity index (χ3v) is 4.61. The molecule has 0 spiro atoms. The van der Waals surface area contributed by atoms with Crippen LogP contribution in [0.3, 0.4) is 0 Å². The Balaban J connectivity index is 2.17. The first kappa shape index (κ1) is 18.8. The topological polar surface area (TPSA) is 93.8 Å². The number of hydrogen-bond acceptors (Lipinski definition) is 3. The van der Waals surface area contributed by atoms with Crippen LogP contribution in [0.4, 0.5) is 13.2 Å². The van der Waals surface area contributed by atoms with Crippen LogP contribution in [0.1, 0.15) is 10.4 Å². The van der Waals surface area contributed by atoms with Gasteiger partial charge in [-0.25, -0.2) is 17.9 Å². The molecule has 1 amide bonds.